The SMILES string of the molecule is CCC(C)CN(C)Cc1cc(F)cc(C(N)=S)c1. The molecule has 0 fully saturated rings. The van der Waals surface area contributed by atoms with Crippen molar-refractivity contribution >= 4 is 17.2 Å². The summed E-state index contributed by atoms with van der Waals surface area (Å²) in [6.45, 7) is 6.08. The van der Waals surface area contributed by atoms with Crippen LogP contribution in [0.3, 0.4) is 0 Å². The molecule has 0 aliphatic rings. The maximum atomic E-state index is 13.4. The second-order valence-electron chi connectivity index (χ2n) is 4.92. The minimum Gasteiger partial charge on any atom is -0.389 e. The second-order valence-corrected chi connectivity index (χ2v) is 5.36. The summed E-state index contributed by atoms with van der Waals surface area (Å²) in [5.74, 6) is 0.353. The average molecular weight is 268 g/mol. The number of nitrogens with two attached hydrogens (primary N) is 1. The maximum absolute atomic E-state index is 13.4. The van der Waals surface area contributed by atoms with Crippen molar-refractivity contribution in [3.63, 3.8) is 0 Å². The quantitative estimate of drug-likeness (QED) is 0.804. The van der Waals surface area contributed by atoms with E-state index < -0.39 is 0 Å². The normalized spacial score (nSPS) is 12.7. The molecule has 1 unspecified atom stereocenters. The number of rotatable bonds is 6. The summed E-state index contributed by atoms with van der Waals surface area (Å²) in [6.07, 6.45) is 1.14. The summed E-state index contributed by atoms with van der Waals surface area (Å²) in [4.78, 5) is 2.42. The molecule has 0 aliphatic heterocycles. The molecule has 18 heavy (non-hydrogen) atoms. The first kappa shape index (κ1) is 15.1. The molecular weight excluding hydrogens is 247 g/mol. The van der Waals surface area contributed by atoms with Crippen LogP contribution in [-0.2, 0) is 6.54 Å². The van der Waals surface area contributed by atoms with E-state index in [0.29, 0.717) is 18.0 Å². The summed E-state index contributed by atoms with van der Waals surface area (Å²) in [5.41, 5.74) is 7.04. The van der Waals surface area contributed by atoms with Gasteiger partial charge in [0, 0.05) is 18.7 Å². The van der Waals surface area contributed by atoms with E-state index in [9.17, 15) is 4.39 Å². The van der Waals surface area contributed by atoms with Gasteiger partial charge < -0.3 is 10.6 Å². The number of thiocarbonyl (C=S) groups is 1. The lowest BCUT2D eigenvalue weighted by Crippen LogP contribution is -2.24. The van der Waals surface area contributed by atoms with E-state index >= 15 is 0 Å². The van der Waals surface area contributed by atoms with Crippen molar-refractivity contribution in [1.29, 1.82) is 0 Å². The smallest absolute Gasteiger partial charge is 0.124 e. The summed E-state index contributed by atoms with van der Waals surface area (Å²) < 4.78 is 13.4. The van der Waals surface area contributed by atoms with Crippen LogP contribution in [-0.4, -0.2) is 23.5 Å². The lowest BCUT2D eigenvalue weighted by molar-refractivity contribution is 0.275. The molecule has 0 amide bonds. The van der Waals surface area contributed by atoms with E-state index in [1.807, 2.05) is 13.1 Å². The van der Waals surface area contributed by atoms with Gasteiger partial charge in [0.1, 0.15) is 10.8 Å². The zero-order valence-corrected chi connectivity index (χ0v) is 12.1. The van der Waals surface area contributed by atoms with E-state index in [2.05, 4.69) is 18.7 Å². The van der Waals surface area contributed by atoms with Gasteiger partial charge in [-0.2, -0.15) is 0 Å². The van der Waals surface area contributed by atoms with Gasteiger partial charge in [-0.1, -0.05) is 32.5 Å². The van der Waals surface area contributed by atoms with Crippen molar-refractivity contribution < 1.29 is 4.39 Å². The Morgan fingerprint density at radius 3 is 2.67 bits per heavy atom. The number of nitrogens with zero attached hydrogens (tertiary/aromatic N) is 1. The summed E-state index contributed by atoms with van der Waals surface area (Å²) in [6, 6.07) is 4.77. The number of hydrogen-bond acceptors (Lipinski definition) is 2. The van der Waals surface area contributed by atoms with E-state index in [1.165, 1.54) is 12.1 Å². The van der Waals surface area contributed by atoms with Gasteiger partial charge in [-0.05, 0) is 36.7 Å². The Labute approximate surface area is 114 Å². The number of benzene rings is 1. The standard InChI is InChI=1S/C14H21FN2S/c1-4-10(2)8-17(3)9-11-5-12(14(16)18)7-13(15)6-11/h5-7,10H,4,8-9H2,1-3H3,(H2,16,18). The summed E-state index contributed by atoms with van der Waals surface area (Å²) in [5, 5.41) is 0. The molecule has 2 N–H and O–H groups in total. The zero-order chi connectivity index (χ0) is 13.7. The first-order valence-corrected chi connectivity index (χ1v) is 6.61. The van der Waals surface area contributed by atoms with Gasteiger partial charge in [0.05, 0.1) is 0 Å². The van der Waals surface area contributed by atoms with E-state index in [4.69, 9.17) is 18.0 Å². The van der Waals surface area contributed by atoms with Crippen LogP contribution in [0.2, 0.25) is 0 Å². The monoisotopic (exact) mass is 268 g/mol. The molecule has 4 heteroatoms. The van der Waals surface area contributed by atoms with E-state index in [-0.39, 0.29) is 10.8 Å². The molecule has 100 valence electrons. The Kier molecular flexibility index (Phi) is 5.69. The van der Waals surface area contributed by atoms with Crippen LogP contribution in [0.4, 0.5) is 4.39 Å². The molecule has 0 saturated heterocycles. The molecule has 0 aromatic heterocycles. The average Bonchev–Trinajstić information content (AvgIpc) is 2.27. The molecule has 0 spiro atoms. The molecule has 0 aliphatic carbocycles. The molecule has 0 saturated carbocycles. The minimum atomic E-state index is -0.285. The second kappa shape index (κ2) is 6.81. The van der Waals surface area contributed by atoms with Crippen LogP contribution < -0.4 is 5.73 Å². The third-order valence-corrected chi connectivity index (χ3v) is 3.25. The highest BCUT2D eigenvalue weighted by molar-refractivity contribution is 7.80. The predicted octanol–water partition coefficient (Wildman–Crippen LogP) is 2.94. The zero-order valence-electron chi connectivity index (χ0n) is 11.2. The lowest BCUT2D eigenvalue weighted by atomic mass is 10.1. The molecule has 0 bridgehead atoms. The molecule has 0 heterocycles. The van der Waals surface area contributed by atoms with Crippen LogP contribution in [0.5, 0.6) is 0 Å². The Hall–Kier alpha value is -1.00. The van der Waals surface area contributed by atoms with E-state index in [1.54, 1.807) is 0 Å². The fraction of sp³-hybridized carbons (Fsp3) is 0.500. The van der Waals surface area contributed by atoms with Gasteiger partial charge in [0.2, 0.25) is 0 Å². The third-order valence-electron chi connectivity index (χ3n) is 3.01. The van der Waals surface area contributed by atoms with Crippen LogP contribution >= 0.6 is 12.2 Å². The molecule has 1 atom stereocenters. The van der Waals surface area contributed by atoms with Gasteiger partial charge in [-0.15, -0.1) is 0 Å². The van der Waals surface area contributed by atoms with Gasteiger partial charge in [-0.25, -0.2) is 4.39 Å². The first-order chi connectivity index (χ1) is 8.42. The van der Waals surface area contributed by atoms with Crippen LogP contribution in [0.1, 0.15) is 31.4 Å². The Morgan fingerprint density at radius 2 is 2.11 bits per heavy atom. The van der Waals surface area contributed by atoms with Crippen molar-refractivity contribution in [2.45, 2.75) is 26.8 Å². The third kappa shape index (κ3) is 4.70. The van der Waals surface area contributed by atoms with Crippen molar-refractivity contribution in [2.75, 3.05) is 13.6 Å². The van der Waals surface area contributed by atoms with Crippen LogP contribution in [0.25, 0.3) is 0 Å². The predicted molar refractivity (Wildman–Crippen MR) is 78.1 cm³/mol. The topological polar surface area (TPSA) is 29.3 Å². The summed E-state index contributed by atoms with van der Waals surface area (Å²) >= 11 is 4.88. The van der Waals surface area contributed by atoms with Gasteiger partial charge in [0.15, 0.2) is 0 Å². The minimum absolute atomic E-state index is 0.236. The molecule has 1 rings (SSSR count). The Balaban J connectivity index is 2.75. The molecule has 0 radical (unpaired) electrons. The van der Waals surface area contributed by atoms with Crippen molar-refractivity contribution in [3.05, 3.63) is 35.1 Å². The molecule has 1 aromatic carbocycles. The highest BCUT2D eigenvalue weighted by atomic mass is 32.1. The summed E-state index contributed by atoms with van der Waals surface area (Å²) in [7, 11) is 2.04. The highest BCUT2D eigenvalue weighted by Gasteiger charge is 2.08. The number of halogens is 1. The maximum Gasteiger partial charge on any atom is 0.124 e. The highest BCUT2D eigenvalue weighted by Crippen LogP contribution is 2.12. The lowest BCUT2D eigenvalue weighted by Gasteiger charge is -2.20. The van der Waals surface area contributed by atoms with Crippen LogP contribution in [0, 0.1) is 11.7 Å². The number of hydrogen-bond donors (Lipinski definition) is 1. The van der Waals surface area contributed by atoms with Crippen molar-refractivity contribution in [2.24, 2.45) is 11.7 Å². The van der Waals surface area contributed by atoms with E-state index in [0.717, 1.165) is 18.5 Å². The Bertz CT molecular complexity index is 420. The first-order valence-electron chi connectivity index (χ1n) is 6.20. The van der Waals surface area contributed by atoms with Crippen molar-refractivity contribution in [3.8, 4) is 0 Å². The van der Waals surface area contributed by atoms with Gasteiger partial charge in [0.25, 0.3) is 0 Å². The fourth-order valence-corrected chi connectivity index (χ4v) is 2.04. The van der Waals surface area contributed by atoms with Crippen molar-refractivity contribution in [1.82, 2.24) is 4.90 Å². The Morgan fingerprint density at radius 1 is 1.44 bits per heavy atom. The molecular formula is C14H21FN2S. The van der Waals surface area contributed by atoms with Gasteiger partial charge in [-0.3, -0.25) is 0 Å². The van der Waals surface area contributed by atoms with Crippen LogP contribution in [0.15, 0.2) is 18.2 Å². The van der Waals surface area contributed by atoms with Gasteiger partial charge >= 0.3 is 0 Å². The molecule has 1 aromatic rings. The largest absolute Gasteiger partial charge is 0.389 e. The molecule has 2 nitrogen and oxygen atoms in total. The fourth-order valence-electron chi connectivity index (χ4n) is 1.92.